The molecule has 170 valence electrons. The van der Waals surface area contributed by atoms with Gasteiger partial charge >= 0.3 is 0 Å². The molecule has 0 bridgehead atoms. The largest absolute Gasteiger partial charge is 0.462 e. The molecule has 5 nitrogen and oxygen atoms in total. The number of nitrogens with zero attached hydrogens (tertiary/aromatic N) is 3. The maximum atomic E-state index is 13.7. The van der Waals surface area contributed by atoms with Gasteiger partial charge in [0.05, 0.1) is 12.2 Å². The number of furan rings is 1. The van der Waals surface area contributed by atoms with Gasteiger partial charge in [0.25, 0.3) is 0 Å². The summed E-state index contributed by atoms with van der Waals surface area (Å²) in [5.41, 5.74) is 4.77. The lowest BCUT2D eigenvalue weighted by Gasteiger charge is -2.35. The van der Waals surface area contributed by atoms with Crippen LogP contribution in [0.4, 0.5) is 10.1 Å². The minimum atomic E-state index is -0.226. The second kappa shape index (κ2) is 8.87. The molecule has 1 saturated heterocycles. The molecule has 0 spiro atoms. The van der Waals surface area contributed by atoms with E-state index in [4.69, 9.17) is 4.42 Å². The fourth-order valence-electron chi connectivity index (χ4n) is 5.11. The molecule has 0 aliphatic carbocycles. The van der Waals surface area contributed by atoms with Crippen molar-refractivity contribution in [2.45, 2.75) is 39.7 Å². The summed E-state index contributed by atoms with van der Waals surface area (Å²) < 4.78 is 19.3. The number of carbonyl (C=O) groups is 1. The predicted molar refractivity (Wildman–Crippen MR) is 127 cm³/mol. The van der Waals surface area contributed by atoms with Crippen LogP contribution in [0.15, 0.2) is 28.9 Å². The van der Waals surface area contributed by atoms with Crippen LogP contribution < -0.4 is 4.90 Å². The number of amides is 1. The molecule has 32 heavy (non-hydrogen) atoms. The number of piperazine rings is 1. The van der Waals surface area contributed by atoms with Gasteiger partial charge in [-0.25, -0.2) is 4.39 Å². The lowest BCUT2D eigenvalue weighted by molar-refractivity contribution is -0.129. The Kier molecular flexibility index (Phi) is 5.95. The van der Waals surface area contributed by atoms with Crippen LogP contribution in [0.25, 0.3) is 11.0 Å². The van der Waals surface area contributed by atoms with Gasteiger partial charge < -0.3 is 14.2 Å². The van der Waals surface area contributed by atoms with Crippen molar-refractivity contribution in [1.82, 2.24) is 9.80 Å². The molecule has 0 unspecified atom stereocenters. The van der Waals surface area contributed by atoms with Gasteiger partial charge in [-0.2, -0.15) is 0 Å². The van der Waals surface area contributed by atoms with E-state index in [-0.39, 0.29) is 11.7 Å². The highest BCUT2D eigenvalue weighted by Crippen LogP contribution is 2.34. The van der Waals surface area contributed by atoms with Gasteiger partial charge in [0.15, 0.2) is 0 Å². The Hall–Kier alpha value is -2.38. The monoisotopic (exact) mass is 455 g/mol. The second-order valence-electron chi connectivity index (χ2n) is 8.79. The van der Waals surface area contributed by atoms with Gasteiger partial charge in [0, 0.05) is 61.3 Å². The lowest BCUT2D eigenvalue weighted by atomic mass is 9.99. The van der Waals surface area contributed by atoms with E-state index >= 15 is 0 Å². The Morgan fingerprint density at radius 1 is 1.19 bits per heavy atom. The van der Waals surface area contributed by atoms with Crippen molar-refractivity contribution in [3.8, 4) is 0 Å². The molecule has 0 radical (unpaired) electrons. The number of hydrogen-bond donors (Lipinski definition) is 0. The Morgan fingerprint density at radius 3 is 2.75 bits per heavy atom. The van der Waals surface area contributed by atoms with Crippen molar-refractivity contribution in [2.24, 2.45) is 0 Å². The average Bonchev–Trinajstić information content (AvgIpc) is 3.37. The second-order valence-corrected chi connectivity index (χ2v) is 9.98. The first-order chi connectivity index (χ1) is 15.5. The minimum absolute atomic E-state index is 0.176. The van der Waals surface area contributed by atoms with E-state index in [9.17, 15) is 9.18 Å². The zero-order valence-electron chi connectivity index (χ0n) is 18.8. The van der Waals surface area contributed by atoms with Crippen molar-refractivity contribution in [3.63, 3.8) is 0 Å². The molecule has 2 aromatic heterocycles. The van der Waals surface area contributed by atoms with E-state index < -0.39 is 0 Å². The maximum Gasteiger partial charge on any atom is 0.219 e. The SMILES string of the molecule is CCc1c(CCN2CCN(c3coc4ccc(F)cc34)CC2)sc2c1CCN(C(C)=O)C2. The molecular formula is C25H30FN3O2S. The number of thiophene rings is 1. The zero-order chi connectivity index (χ0) is 22.2. The van der Waals surface area contributed by atoms with E-state index in [0.717, 1.165) is 81.7 Å². The molecule has 5 rings (SSSR count). The number of anilines is 1. The van der Waals surface area contributed by atoms with Gasteiger partial charge in [-0.3, -0.25) is 9.69 Å². The van der Waals surface area contributed by atoms with Crippen LogP contribution in [-0.2, 0) is 30.6 Å². The Balaban J connectivity index is 1.21. The molecule has 0 N–H and O–H groups in total. The first kappa shape index (κ1) is 21.5. The highest BCUT2D eigenvalue weighted by atomic mass is 32.1. The Morgan fingerprint density at radius 2 is 2.00 bits per heavy atom. The van der Waals surface area contributed by atoms with Crippen molar-refractivity contribution >= 4 is 33.9 Å². The van der Waals surface area contributed by atoms with E-state index in [1.54, 1.807) is 25.3 Å². The van der Waals surface area contributed by atoms with E-state index in [0.29, 0.717) is 0 Å². The fourth-order valence-corrected chi connectivity index (χ4v) is 6.56. The van der Waals surface area contributed by atoms with Crippen LogP contribution in [-0.4, -0.2) is 55.0 Å². The fraction of sp³-hybridized carbons (Fsp3) is 0.480. The van der Waals surface area contributed by atoms with Crippen molar-refractivity contribution in [1.29, 1.82) is 0 Å². The van der Waals surface area contributed by atoms with Gasteiger partial charge in [0.2, 0.25) is 5.91 Å². The summed E-state index contributed by atoms with van der Waals surface area (Å²) in [6.45, 7) is 10.4. The van der Waals surface area contributed by atoms with Gasteiger partial charge in [0.1, 0.15) is 17.7 Å². The summed E-state index contributed by atoms with van der Waals surface area (Å²) in [7, 11) is 0. The first-order valence-electron chi connectivity index (χ1n) is 11.6. The van der Waals surface area contributed by atoms with Crippen LogP contribution in [0.5, 0.6) is 0 Å². The smallest absolute Gasteiger partial charge is 0.219 e. The van der Waals surface area contributed by atoms with Crippen LogP contribution in [0.2, 0.25) is 0 Å². The molecule has 1 fully saturated rings. The first-order valence-corrected chi connectivity index (χ1v) is 12.4. The number of hydrogen-bond acceptors (Lipinski definition) is 5. The average molecular weight is 456 g/mol. The summed E-state index contributed by atoms with van der Waals surface area (Å²) in [5.74, 6) is -0.0507. The third kappa shape index (κ3) is 4.04. The third-order valence-corrected chi connectivity index (χ3v) is 8.25. The maximum absolute atomic E-state index is 13.7. The highest BCUT2D eigenvalue weighted by Gasteiger charge is 2.25. The number of carbonyl (C=O) groups excluding carboxylic acids is 1. The Labute approximate surface area is 192 Å². The predicted octanol–water partition coefficient (Wildman–Crippen LogP) is 4.47. The highest BCUT2D eigenvalue weighted by molar-refractivity contribution is 7.12. The third-order valence-electron chi connectivity index (χ3n) is 6.93. The Bertz CT molecular complexity index is 1130. The van der Waals surface area contributed by atoms with Gasteiger partial charge in [-0.1, -0.05) is 6.92 Å². The molecular weight excluding hydrogens is 425 g/mol. The number of rotatable bonds is 5. The molecule has 7 heteroatoms. The van der Waals surface area contributed by atoms with Crippen LogP contribution in [0.3, 0.4) is 0 Å². The number of benzene rings is 1. The summed E-state index contributed by atoms with van der Waals surface area (Å²) >= 11 is 1.92. The van der Waals surface area contributed by atoms with Crippen LogP contribution in [0.1, 0.15) is 34.7 Å². The van der Waals surface area contributed by atoms with E-state index in [1.807, 2.05) is 16.2 Å². The topological polar surface area (TPSA) is 39.9 Å². The van der Waals surface area contributed by atoms with Crippen molar-refractivity contribution in [3.05, 3.63) is 51.2 Å². The van der Waals surface area contributed by atoms with E-state index in [2.05, 4.69) is 16.7 Å². The normalized spacial score (nSPS) is 17.2. The van der Waals surface area contributed by atoms with Crippen LogP contribution >= 0.6 is 11.3 Å². The molecule has 1 amide bonds. The van der Waals surface area contributed by atoms with Crippen molar-refractivity contribution < 1.29 is 13.6 Å². The summed E-state index contributed by atoms with van der Waals surface area (Å²) in [5, 5.41) is 0.856. The molecule has 1 aromatic carbocycles. The molecule has 4 heterocycles. The zero-order valence-corrected chi connectivity index (χ0v) is 19.6. The molecule has 3 aromatic rings. The van der Waals surface area contributed by atoms with Crippen LogP contribution in [0, 0.1) is 5.82 Å². The number of halogens is 1. The lowest BCUT2D eigenvalue weighted by Crippen LogP contribution is -2.46. The molecule has 0 saturated carbocycles. The summed E-state index contributed by atoms with van der Waals surface area (Å²) in [6, 6.07) is 4.71. The van der Waals surface area contributed by atoms with E-state index in [1.165, 1.54) is 26.9 Å². The molecule has 0 atom stereocenters. The number of fused-ring (bicyclic) bond motifs is 2. The standard InChI is InChI=1S/C25H30FN3O2S/c1-3-19-20-6-9-29(17(2)30)15-25(20)32-24(19)7-8-27-10-12-28(13-11-27)22-16-31-23-5-4-18(26)14-21(22)23/h4-5,14,16H,3,6-13,15H2,1-2H3. The molecule has 2 aliphatic heterocycles. The quantitative estimate of drug-likeness (QED) is 0.569. The van der Waals surface area contributed by atoms with Crippen molar-refractivity contribution in [2.75, 3.05) is 44.2 Å². The summed E-state index contributed by atoms with van der Waals surface area (Å²) in [4.78, 5) is 21.5. The summed E-state index contributed by atoms with van der Waals surface area (Å²) in [6.07, 6.45) is 4.89. The van der Waals surface area contributed by atoms with Gasteiger partial charge in [-0.15, -0.1) is 11.3 Å². The molecule has 2 aliphatic rings. The van der Waals surface area contributed by atoms with Gasteiger partial charge in [-0.05, 0) is 48.6 Å². The minimum Gasteiger partial charge on any atom is -0.462 e.